The van der Waals surface area contributed by atoms with Crippen molar-refractivity contribution in [3.8, 4) is 5.75 Å². The summed E-state index contributed by atoms with van der Waals surface area (Å²) in [5.41, 5.74) is 3.19. The Hall–Kier alpha value is -1.88. The largest absolute Gasteiger partial charge is 0.508 e. The number of phenolic OH excluding ortho intramolecular Hbond substituents is 1. The van der Waals surface area contributed by atoms with Crippen LogP contribution in [0.15, 0.2) is 48.5 Å². The van der Waals surface area contributed by atoms with Crippen LogP contribution in [-0.4, -0.2) is 42.7 Å². The van der Waals surface area contributed by atoms with Gasteiger partial charge in [-0.2, -0.15) is 0 Å². The van der Waals surface area contributed by atoms with E-state index < -0.39 is 5.60 Å². The molecule has 0 aliphatic heterocycles. The standard InChI is InChI=1S/C25H32O4/c1-28-13-14-29-18-24(27)11-12-25(16-19-5-3-2-4-6-19)21(17-24)8-7-20-15-22(26)9-10-23(20)25/h2-6,9-10,15,21,26-27H,7-8,11-14,16-18H2,1H3/t21-,24?,25+/m1/s1. The highest BCUT2D eigenvalue weighted by Gasteiger charge is 2.51. The Balaban J connectivity index is 1.63. The summed E-state index contributed by atoms with van der Waals surface area (Å²) in [7, 11) is 1.66. The van der Waals surface area contributed by atoms with Gasteiger partial charge < -0.3 is 19.7 Å². The van der Waals surface area contributed by atoms with Crippen molar-refractivity contribution in [2.75, 3.05) is 26.9 Å². The fourth-order valence-electron chi connectivity index (χ4n) is 5.57. The van der Waals surface area contributed by atoms with Crippen molar-refractivity contribution >= 4 is 0 Å². The predicted molar refractivity (Wildman–Crippen MR) is 113 cm³/mol. The van der Waals surface area contributed by atoms with Crippen LogP contribution in [0.1, 0.15) is 42.4 Å². The summed E-state index contributed by atoms with van der Waals surface area (Å²) in [6.07, 6.45) is 5.36. The summed E-state index contributed by atoms with van der Waals surface area (Å²) < 4.78 is 10.8. The Morgan fingerprint density at radius 3 is 2.69 bits per heavy atom. The van der Waals surface area contributed by atoms with Crippen molar-refractivity contribution in [3.63, 3.8) is 0 Å². The number of fused-ring (bicyclic) bond motifs is 3. The Bertz CT molecular complexity index is 821. The number of rotatable bonds is 7. The number of phenols is 1. The summed E-state index contributed by atoms with van der Waals surface area (Å²) in [6, 6.07) is 16.6. The first kappa shape index (κ1) is 20.4. The molecule has 0 spiro atoms. The molecule has 4 heteroatoms. The van der Waals surface area contributed by atoms with Gasteiger partial charge in [-0.3, -0.25) is 0 Å². The average Bonchev–Trinajstić information content (AvgIpc) is 2.72. The lowest BCUT2D eigenvalue weighted by Gasteiger charge is -2.53. The molecule has 0 saturated heterocycles. The highest BCUT2D eigenvalue weighted by molar-refractivity contribution is 5.44. The normalized spacial score (nSPS) is 28.6. The maximum absolute atomic E-state index is 11.3. The van der Waals surface area contributed by atoms with Crippen LogP contribution in [0.3, 0.4) is 0 Å². The Kier molecular flexibility index (Phi) is 5.95. The number of aryl methyl sites for hydroxylation is 1. The summed E-state index contributed by atoms with van der Waals surface area (Å²) in [5, 5.41) is 21.3. The predicted octanol–water partition coefficient (Wildman–Crippen LogP) is 4.01. The van der Waals surface area contributed by atoms with Crippen LogP contribution >= 0.6 is 0 Å². The number of hydrogen-bond donors (Lipinski definition) is 2. The topological polar surface area (TPSA) is 58.9 Å². The molecule has 0 aromatic heterocycles. The van der Waals surface area contributed by atoms with Crippen molar-refractivity contribution in [2.45, 2.75) is 49.5 Å². The van der Waals surface area contributed by atoms with E-state index in [1.807, 2.05) is 12.1 Å². The number of benzene rings is 2. The van der Waals surface area contributed by atoms with Gasteiger partial charge in [0.1, 0.15) is 5.75 Å². The lowest BCUT2D eigenvalue weighted by molar-refractivity contribution is -0.105. The van der Waals surface area contributed by atoms with Crippen LogP contribution in [0.5, 0.6) is 5.75 Å². The van der Waals surface area contributed by atoms with Crippen LogP contribution in [0.4, 0.5) is 0 Å². The number of hydrogen-bond acceptors (Lipinski definition) is 4. The molecule has 1 saturated carbocycles. The molecule has 1 fully saturated rings. The van der Waals surface area contributed by atoms with E-state index in [9.17, 15) is 10.2 Å². The van der Waals surface area contributed by atoms with Gasteiger partial charge in [0.25, 0.3) is 0 Å². The second kappa shape index (κ2) is 8.47. The van der Waals surface area contributed by atoms with Gasteiger partial charge in [0.05, 0.1) is 25.4 Å². The summed E-state index contributed by atoms with van der Waals surface area (Å²) in [6.45, 7) is 1.44. The number of methoxy groups -OCH3 is 1. The third kappa shape index (κ3) is 4.20. The van der Waals surface area contributed by atoms with E-state index in [2.05, 4.69) is 36.4 Å². The SMILES string of the molecule is COCCOCC1(O)CC[C@@]2(Cc3ccccc3)c3ccc(O)cc3CC[C@@H]2C1. The Labute approximate surface area is 173 Å². The molecule has 2 aliphatic rings. The van der Waals surface area contributed by atoms with Crippen LogP contribution in [0.25, 0.3) is 0 Å². The molecule has 2 aliphatic carbocycles. The zero-order valence-corrected chi connectivity index (χ0v) is 17.3. The van der Waals surface area contributed by atoms with Gasteiger partial charge in [0, 0.05) is 12.5 Å². The summed E-state index contributed by atoms with van der Waals surface area (Å²) >= 11 is 0. The smallest absolute Gasteiger partial charge is 0.115 e. The van der Waals surface area contributed by atoms with Gasteiger partial charge >= 0.3 is 0 Å². The first-order chi connectivity index (χ1) is 14.0. The monoisotopic (exact) mass is 396 g/mol. The molecule has 0 heterocycles. The van der Waals surface area contributed by atoms with Gasteiger partial charge in [-0.1, -0.05) is 36.4 Å². The first-order valence-electron chi connectivity index (χ1n) is 10.7. The fraction of sp³-hybridized carbons (Fsp3) is 0.520. The van der Waals surface area contributed by atoms with Crippen molar-refractivity contribution < 1.29 is 19.7 Å². The second-order valence-electron chi connectivity index (χ2n) is 8.87. The molecule has 0 radical (unpaired) electrons. The van der Waals surface area contributed by atoms with Crippen molar-refractivity contribution in [1.82, 2.24) is 0 Å². The van der Waals surface area contributed by atoms with Crippen LogP contribution in [0.2, 0.25) is 0 Å². The lowest BCUT2D eigenvalue weighted by Crippen LogP contribution is -2.52. The second-order valence-corrected chi connectivity index (χ2v) is 8.87. The highest BCUT2D eigenvalue weighted by Crippen LogP contribution is 2.54. The molecule has 2 aromatic carbocycles. The van der Waals surface area contributed by atoms with Crippen LogP contribution in [-0.2, 0) is 27.7 Å². The molecule has 156 valence electrons. The molecular weight excluding hydrogens is 364 g/mol. The van der Waals surface area contributed by atoms with Crippen molar-refractivity contribution in [1.29, 1.82) is 0 Å². The van der Waals surface area contributed by atoms with Crippen LogP contribution < -0.4 is 0 Å². The molecule has 29 heavy (non-hydrogen) atoms. The van der Waals surface area contributed by atoms with Gasteiger partial charge in [-0.15, -0.1) is 0 Å². The van der Waals surface area contributed by atoms with E-state index in [0.717, 1.165) is 38.5 Å². The molecule has 0 amide bonds. The summed E-state index contributed by atoms with van der Waals surface area (Å²) in [4.78, 5) is 0. The van der Waals surface area contributed by atoms with E-state index in [1.165, 1.54) is 16.7 Å². The molecule has 3 atom stereocenters. The van der Waals surface area contributed by atoms with E-state index in [1.54, 1.807) is 7.11 Å². The van der Waals surface area contributed by atoms with Crippen molar-refractivity contribution in [3.05, 3.63) is 65.2 Å². The van der Waals surface area contributed by atoms with Gasteiger partial charge in [0.2, 0.25) is 0 Å². The van der Waals surface area contributed by atoms with E-state index in [-0.39, 0.29) is 5.41 Å². The number of aliphatic hydroxyl groups is 1. The molecule has 4 rings (SSSR count). The number of aromatic hydroxyl groups is 1. The third-order valence-electron chi connectivity index (χ3n) is 7.00. The van der Waals surface area contributed by atoms with E-state index >= 15 is 0 Å². The first-order valence-corrected chi connectivity index (χ1v) is 10.7. The maximum Gasteiger partial charge on any atom is 0.115 e. The molecule has 4 nitrogen and oxygen atoms in total. The molecule has 1 unspecified atom stereocenters. The Morgan fingerprint density at radius 2 is 1.90 bits per heavy atom. The Morgan fingerprint density at radius 1 is 1.07 bits per heavy atom. The minimum absolute atomic E-state index is 0.00139. The average molecular weight is 397 g/mol. The fourth-order valence-corrected chi connectivity index (χ4v) is 5.57. The minimum atomic E-state index is -0.771. The van der Waals surface area contributed by atoms with Crippen molar-refractivity contribution in [2.24, 2.45) is 5.92 Å². The molecule has 2 N–H and O–H groups in total. The molecule has 2 aromatic rings. The molecule has 0 bridgehead atoms. The maximum atomic E-state index is 11.3. The zero-order valence-electron chi connectivity index (χ0n) is 17.3. The minimum Gasteiger partial charge on any atom is -0.508 e. The zero-order chi connectivity index (χ0) is 20.3. The summed E-state index contributed by atoms with van der Waals surface area (Å²) in [5.74, 6) is 0.737. The third-order valence-corrected chi connectivity index (χ3v) is 7.00. The van der Waals surface area contributed by atoms with E-state index in [4.69, 9.17) is 9.47 Å². The number of ether oxygens (including phenoxy) is 2. The molecular formula is C25H32O4. The quantitative estimate of drug-likeness (QED) is 0.694. The highest BCUT2D eigenvalue weighted by atomic mass is 16.5. The van der Waals surface area contributed by atoms with Gasteiger partial charge in [-0.05, 0) is 73.3 Å². The van der Waals surface area contributed by atoms with E-state index in [0.29, 0.717) is 31.5 Å². The van der Waals surface area contributed by atoms with Crippen LogP contribution in [0, 0.1) is 5.92 Å². The lowest BCUT2D eigenvalue weighted by atomic mass is 9.52. The van der Waals surface area contributed by atoms with Gasteiger partial charge in [-0.25, -0.2) is 0 Å². The van der Waals surface area contributed by atoms with Gasteiger partial charge in [0.15, 0.2) is 0 Å².